The summed E-state index contributed by atoms with van der Waals surface area (Å²) in [6.45, 7) is 12.1. The van der Waals surface area contributed by atoms with Crippen molar-refractivity contribution in [2.75, 3.05) is 6.79 Å². The van der Waals surface area contributed by atoms with E-state index in [1.807, 2.05) is 41.5 Å². The number of allylic oxidation sites excluding steroid dienone is 1. The van der Waals surface area contributed by atoms with Crippen LogP contribution in [0.25, 0.3) is 0 Å². The van der Waals surface area contributed by atoms with Gasteiger partial charge in [0.2, 0.25) is 0 Å². The fourth-order valence-electron chi connectivity index (χ4n) is 2.80. The van der Waals surface area contributed by atoms with Gasteiger partial charge in [0.15, 0.2) is 6.79 Å². The second kappa shape index (κ2) is 2.96. The van der Waals surface area contributed by atoms with Gasteiger partial charge in [-0.15, -0.1) is 6.92 Å². The third kappa shape index (κ3) is 0.986. The van der Waals surface area contributed by atoms with Crippen molar-refractivity contribution in [1.82, 2.24) is 0 Å². The van der Waals surface area contributed by atoms with Crippen LogP contribution in [0.4, 0.5) is 0 Å². The molecule has 1 fully saturated rings. The highest BCUT2D eigenvalue weighted by molar-refractivity contribution is 5.40. The summed E-state index contributed by atoms with van der Waals surface area (Å²) in [5.41, 5.74) is -0.0559. The monoisotopic (exact) mass is 224 g/mol. The molecule has 0 aromatic heterocycles. The lowest BCUT2D eigenvalue weighted by Crippen LogP contribution is -2.68. The van der Waals surface area contributed by atoms with Crippen LogP contribution in [0.3, 0.4) is 0 Å². The molecule has 1 aliphatic carbocycles. The SMILES string of the molecule is CC1=C([O-])C(C)(C)C(C)(C)C2(OCO2)[C-]1C. The average molecular weight is 224 g/mol. The van der Waals surface area contributed by atoms with Crippen molar-refractivity contribution in [2.24, 2.45) is 10.8 Å². The van der Waals surface area contributed by atoms with Crippen molar-refractivity contribution in [3.8, 4) is 0 Å². The van der Waals surface area contributed by atoms with Crippen LogP contribution in [0.15, 0.2) is 11.3 Å². The normalized spacial score (nSPS) is 30.5. The molecule has 0 bridgehead atoms. The maximum atomic E-state index is 12.3. The highest BCUT2D eigenvalue weighted by Crippen LogP contribution is 2.62. The second-order valence-electron chi connectivity index (χ2n) is 5.85. The van der Waals surface area contributed by atoms with E-state index in [1.54, 1.807) is 0 Å². The number of rotatable bonds is 0. The van der Waals surface area contributed by atoms with Crippen molar-refractivity contribution in [2.45, 2.75) is 47.3 Å². The molecule has 0 unspecified atom stereocenters. The molecule has 0 aromatic carbocycles. The zero-order valence-corrected chi connectivity index (χ0v) is 10.9. The van der Waals surface area contributed by atoms with E-state index in [0.29, 0.717) is 6.79 Å². The molecule has 1 heterocycles. The van der Waals surface area contributed by atoms with Gasteiger partial charge in [-0.3, -0.25) is 0 Å². The molecule has 92 valence electrons. The molecule has 3 nitrogen and oxygen atoms in total. The summed E-state index contributed by atoms with van der Waals surface area (Å²) in [7, 11) is 0. The fraction of sp³-hybridized carbons (Fsp3) is 0.769. The molecule has 2 aliphatic rings. The van der Waals surface area contributed by atoms with E-state index in [4.69, 9.17) is 9.47 Å². The molecule has 3 heteroatoms. The van der Waals surface area contributed by atoms with Crippen molar-refractivity contribution >= 4 is 0 Å². The summed E-state index contributed by atoms with van der Waals surface area (Å²) >= 11 is 0. The molecule has 1 spiro atoms. The van der Waals surface area contributed by atoms with Crippen LogP contribution in [-0.2, 0) is 9.47 Å². The summed E-state index contributed by atoms with van der Waals surface area (Å²) < 4.78 is 11.4. The highest BCUT2D eigenvalue weighted by atomic mass is 16.9. The number of hydrogen-bond donors (Lipinski definition) is 0. The molecule has 1 saturated heterocycles. The molecular weight excluding hydrogens is 204 g/mol. The first kappa shape index (κ1) is 11.8. The van der Waals surface area contributed by atoms with Gasteiger partial charge in [0.1, 0.15) is 5.79 Å². The maximum absolute atomic E-state index is 12.3. The van der Waals surface area contributed by atoms with E-state index in [-0.39, 0.29) is 11.2 Å². The van der Waals surface area contributed by atoms with E-state index in [1.165, 1.54) is 0 Å². The van der Waals surface area contributed by atoms with Gasteiger partial charge in [-0.1, -0.05) is 40.0 Å². The molecular formula is C13H20O3-2. The van der Waals surface area contributed by atoms with Gasteiger partial charge in [-0.25, -0.2) is 5.57 Å². The summed E-state index contributed by atoms with van der Waals surface area (Å²) in [4.78, 5) is 0. The molecule has 0 N–H and O–H groups in total. The minimum Gasteiger partial charge on any atom is -0.956 e. The van der Waals surface area contributed by atoms with Crippen LogP contribution < -0.4 is 5.11 Å². The topological polar surface area (TPSA) is 41.5 Å². The summed E-state index contributed by atoms with van der Waals surface area (Å²) in [6.07, 6.45) is 0. The lowest BCUT2D eigenvalue weighted by atomic mass is 9.54. The van der Waals surface area contributed by atoms with Crippen molar-refractivity contribution in [1.29, 1.82) is 0 Å². The van der Waals surface area contributed by atoms with E-state index in [9.17, 15) is 5.11 Å². The Balaban J connectivity index is 2.61. The first-order chi connectivity index (χ1) is 7.18. The molecule has 0 aromatic rings. The third-order valence-corrected chi connectivity index (χ3v) is 4.87. The Kier molecular flexibility index (Phi) is 2.18. The van der Waals surface area contributed by atoms with Crippen LogP contribution in [0.5, 0.6) is 0 Å². The third-order valence-electron chi connectivity index (χ3n) is 4.87. The molecule has 2 rings (SSSR count). The molecule has 0 atom stereocenters. The van der Waals surface area contributed by atoms with E-state index in [0.717, 1.165) is 11.5 Å². The van der Waals surface area contributed by atoms with Crippen LogP contribution in [0.2, 0.25) is 0 Å². The first-order valence-corrected chi connectivity index (χ1v) is 5.69. The van der Waals surface area contributed by atoms with Crippen LogP contribution in [0.1, 0.15) is 41.5 Å². The van der Waals surface area contributed by atoms with Gasteiger partial charge in [-0.05, 0) is 5.41 Å². The lowest BCUT2D eigenvalue weighted by molar-refractivity contribution is -0.451. The van der Waals surface area contributed by atoms with Gasteiger partial charge >= 0.3 is 0 Å². The van der Waals surface area contributed by atoms with Crippen LogP contribution >= 0.6 is 0 Å². The molecule has 1 aliphatic heterocycles. The predicted octanol–water partition coefficient (Wildman–Crippen LogP) is 1.98. The summed E-state index contributed by atoms with van der Waals surface area (Å²) in [5.74, 6) is 0.418. The Hall–Kier alpha value is -0.670. The van der Waals surface area contributed by atoms with Gasteiger partial charge in [0.05, 0.1) is 0 Å². The van der Waals surface area contributed by atoms with E-state index >= 15 is 0 Å². The Labute approximate surface area is 97.4 Å². The van der Waals surface area contributed by atoms with Gasteiger partial charge in [-0.2, -0.15) is 5.92 Å². The van der Waals surface area contributed by atoms with Crippen molar-refractivity contribution in [3.05, 3.63) is 17.3 Å². The summed E-state index contributed by atoms with van der Waals surface area (Å²) in [5, 5.41) is 12.3. The standard InChI is InChI=1S/C13H21O3/c1-8-9(2)13(15-7-16-13)12(5,6)11(3,4)10(8)14/h14H,7H2,1-6H3/q-1/p-1. The van der Waals surface area contributed by atoms with Gasteiger partial charge < -0.3 is 20.3 Å². The Bertz CT molecular complexity index is 348. The lowest BCUT2D eigenvalue weighted by Gasteiger charge is -2.72. The summed E-state index contributed by atoms with van der Waals surface area (Å²) in [6, 6.07) is 0. The molecule has 0 saturated carbocycles. The molecule has 0 amide bonds. The second-order valence-corrected chi connectivity index (χ2v) is 5.85. The van der Waals surface area contributed by atoms with E-state index < -0.39 is 11.2 Å². The van der Waals surface area contributed by atoms with E-state index in [2.05, 4.69) is 0 Å². The predicted molar refractivity (Wildman–Crippen MR) is 58.9 cm³/mol. The number of ether oxygens (including phenoxy) is 2. The smallest absolute Gasteiger partial charge is 0.151 e. The van der Waals surface area contributed by atoms with Crippen LogP contribution in [0, 0.1) is 16.7 Å². The number of hydrogen-bond acceptors (Lipinski definition) is 3. The quantitative estimate of drug-likeness (QED) is 0.591. The maximum Gasteiger partial charge on any atom is 0.151 e. The van der Waals surface area contributed by atoms with Gasteiger partial charge in [0, 0.05) is 0 Å². The minimum absolute atomic E-state index is 0.194. The average Bonchev–Trinajstić information content (AvgIpc) is 2.11. The molecule has 16 heavy (non-hydrogen) atoms. The Morgan fingerprint density at radius 3 is 2.06 bits per heavy atom. The first-order valence-electron chi connectivity index (χ1n) is 5.69. The molecule has 0 radical (unpaired) electrons. The Morgan fingerprint density at radius 1 is 1.19 bits per heavy atom. The Morgan fingerprint density at radius 2 is 1.69 bits per heavy atom. The fourth-order valence-corrected chi connectivity index (χ4v) is 2.80. The zero-order chi connectivity index (χ0) is 12.4. The zero-order valence-electron chi connectivity index (χ0n) is 10.9. The van der Waals surface area contributed by atoms with Crippen molar-refractivity contribution in [3.63, 3.8) is 0 Å². The highest BCUT2D eigenvalue weighted by Gasteiger charge is 2.58. The minimum atomic E-state index is -0.700. The largest absolute Gasteiger partial charge is 0.956 e. The van der Waals surface area contributed by atoms with Crippen LogP contribution in [-0.4, -0.2) is 12.6 Å². The van der Waals surface area contributed by atoms with Crippen molar-refractivity contribution < 1.29 is 14.6 Å². The van der Waals surface area contributed by atoms with Gasteiger partial charge in [0.25, 0.3) is 0 Å².